The lowest BCUT2D eigenvalue weighted by Gasteiger charge is -2.22. The average molecular weight is 233 g/mol. The fourth-order valence-corrected chi connectivity index (χ4v) is 2.38. The van der Waals surface area contributed by atoms with Crippen molar-refractivity contribution in [1.82, 2.24) is 5.32 Å². The molecular formula is C15H23NO. The van der Waals surface area contributed by atoms with Gasteiger partial charge in [-0.2, -0.15) is 0 Å². The van der Waals surface area contributed by atoms with Crippen LogP contribution in [0.1, 0.15) is 31.7 Å². The molecule has 1 fully saturated rings. The Balaban J connectivity index is 1.77. The van der Waals surface area contributed by atoms with Gasteiger partial charge < -0.3 is 10.1 Å². The van der Waals surface area contributed by atoms with Gasteiger partial charge in [0.2, 0.25) is 0 Å². The lowest BCUT2D eigenvalue weighted by atomic mass is 9.98. The third kappa shape index (κ3) is 3.55. The Kier molecular flexibility index (Phi) is 4.57. The van der Waals surface area contributed by atoms with Gasteiger partial charge in [0.1, 0.15) is 0 Å². The van der Waals surface area contributed by atoms with Gasteiger partial charge in [-0.3, -0.25) is 0 Å². The van der Waals surface area contributed by atoms with Gasteiger partial charge in [-0.05, 0) is 30.7 Å². The predicted octanol–water partition coefficient (Wildman–Crippen LogP) is 2.80. The van der Waals surface area contributed by atoms with Gasteiger partial charge in [0, 0.05) is 19.2 Å². The van der Waals surface area contributed by atoms with Crippen molar-refractivity contribution in [3.05, 3.63) is 35.9 Å². The van der Waals surface area contributed by atoms with Crippen LogP contribution in [0.5, 0.6) is 0 Å². The molecule has 1 saturated heterocycles. The number of hydrogen-bond donors (Lipinski definition) is 1. The van der Waals surface area contributed by atoms with Gasteiger partial charge >= 0.3 is 0 Å². The lowest BCUT2D eigenvalue weighted by Crippen LogP contribution is -2.36. The monoisotopic (exact) mass is 233 g/mol. The normalized spacial score (nSPS) is 23.5. The molecule has 0 aromatic heterocycles. The van der Waals surface area contributed by atoms with E-state index in [2.05, 4.69) is 49.5 Å². The SMILES string of the molecule is CC(CNC(C)C1CCOC1)c1ccccc1. The minimum Gasteiger partial charge on any atom is -0.381 e. The molecule has 1 N–H and O–H groups in total. The molecule has 94 valence electrons. The van der Waals surface area contributed by atoms with Crippen LogP contribution >= 0.6 is 0 Å². The van der Waals surface area contributed by atoms with Crippen molar-refractivity contribution in [3.8, 4) is 0 Å². The topological polar surface area (TPSA) is 21.3 Å². The summed E-state index contributed by atoms with van der Waals surface area (Å²) in [6.07, 6.45) is 1.20. The minimum atomic E-state index is 0.559. The van der Waals surface area contributed by atoms with Crippen LogP contribution in [-0.4, -0.2) is 25.8 Å². The van der Waals surface area contributed by atoms with Gasteiger partial charge in [0.25, 0.3) is 0 Å². The summed E-state index contributed by atoms with van der Waals surface area (Å²) in [5.74, 6) is 1.26. The maximum Gasteiger partial charge on any atom is 0.0509 e. The van der Waals surface area contributed by atoms with E-state index in [4.69, 9.17) is 4.74 Å². The van der Waals surface area contributed by atoms with Crippen LogP contribution < -0.4 is 5.32 Å². The third-order valence-electron chi connectivity index (χ3n) is 3.79. The van der Waals surface area contributed by atoms with Crippen LogP contribution in [-0.2, 0) is 4.74 Å². The average Bonchev–Trinajstić information content (AvgIpc) is 2.90. The molecule has 3 atom stereocenters. The summed E-state index contributed by atoms with van der Waals surface area (Å²) in [5.41, 5.74) is 1.41. The molecule has 0 aliphatic carbocycles. The van der Waals surface area contributed by atoms with E-state index in [1.54, 1.807) is 0 Å². The minimum absolute atomic E-state index is 0.559. The van der Waals surface area contributed by atoms with E-state index < -0.39 is 0 Å². The molecule has 1 aliphatic rings. The summed E-state index contributed by atoms with van der Waals surface area (Å²) in [4.78, 5) is 0. The Morgan fingerprint density at radius 3 is 2.71 bits per heavy atom. The molecule has 1 aliphatic heterocycles. The quantitative estimate of drug-likeness (QED) is 0.844. The number of benzene rings is 1. The third-order valence-corrected chi connectivity index (χ3v) is 3.79. The van der Waals surface area contributed by atoms with Gasteiger partial charge in [0.15, 0.2) is 0 Å². The van der Waals surface area contributed by atoms with Crippen molar-refractivity contribution in [2.24, 2.45) is 5.92 Å². The highest BCUT2D eigenvalue weighted by atomic mass is 16.5. The van der Waals surface area contributed by atoms with Crippen molar-refractivity contribution in [2.75, 3.05) is 19.8 Å². The molecule has 0 amide bonds. The molecule has 17 heavy (non-hydrogen) atoms. The first kappa shape index (κ1) is 12.6. The van der Waals surface area contributed by atoms with Crippen LogP contribution in [0.25, 0.3) is 0 Å². The summed E-state index contributed by atoms with van der Waals surface area (Å²) < 4.78 is 5.43. The molecule has 0 bridgehead atoms. The fourth-order valence-electron chi connectivity index (χ4n) is 2.38. The predicted molar refractivity (Wildman–Crippen MR) is 71.2 cm³/mol. The van der Waals surface area contributed by atoms with Crippen molar-refractivity contribution in [1.29, 1.82) is 0 Å². The number of nitrogens with one attached hydrogen (secondary N) is 1. The summed E-state index contributed by atoms with van der Waals surface area (Å²) in [5, 5.41) is 3.64. The van der Waals surface area contributed by atoms with Gasteiger partial charge in [0.05, 0.1) is 6.61 Å². The summed E-state index contributed by atoms with van der Waals surface area (Å²) in [7, 11) is 0. The fraction of sp³-hybridized carbons (Fsp3) is 0.600. The summed E-state index contributed by atoms with van der Waals surface area (Å²) in [6, 6.07) is 11.3. The van der Waals surface area contributed by atoms with E-state index in [-0.39, 0.29) is 0 Å². The molecular weight excluding hydrogens is 210 g/mol. The summed E-state index contributed by atoms with van der Waals surface area (Å²) >= 11 is 0. The zero-order chi connectivity index (χ0) is 12.1. The van der Waals surface area contributed by atoms with E-state index in [1.165, 1.54) is 12.0 Å². The number of hydrogen-bond acceptors (Lipinski definition) is 2. The van der Waals surface area contributed by atoms with Crippen LogP contribution in [0.4, 0.5) is 0 Å². The maximum atomic E-state index is 5.43. The largest absolute Gasteiger partial charge is 0.381 e. The van der Waals surface area contributed by atoms with E-state index in [1.807, 2.05) is 0 Å². The number of rotatable bonds is 5. The zero-order valence-corrected chi connectivity index (χ0v) is 10.9. The van der Waals surface area contributed by atoms with E-state index >= 15 is 0 Å². The molecule has 3 unspecified atom stereocenters. The van der Waals surface area contributed by atoms with Crippen LogP contribution in [0, 0.1) is 5.92 Å². The second-order valence-corrected chi connectivity index (χ2v) is 5.13. The molecule has 2 rings (SSSR count). The van der Waals surface area contributed by atoms with Crippen LogP contribution in [0.15, 0.2) is 30.3 Å². The Morgan fingerprint density at radius 1 is 1.29 bits per heavy atom. The first-order chi connectivity index (χ1) is 8.27. The van der Waals surface area contributed by atoms with Crippen molar-refractivity contribution in [3.63, 3.8) is 0 Å². The first-order valence-electron chi connectivity index (χ1n) is 6.63. The number of ether oxygens (including phenoxy) is 1. The van der Waals surface area contributed by atoms with Gasteiger partial charge in [-0.25, -0.2) is 0 Å². The highest BCUT2D eigenvalue weighted by Crippen LogP contribution is 2.18. The molecule has 0 radical (unpaired) electrons. The zero-order valence-electron chi connectivity index (χ0n) is 10.9. The van der Waals surface area contributed by atoms with Crippen molar-refractivity contribution < 1.29 is 4.74 Å². The van der Waals surface area contributed by atoms with Crippen LogP contribution in [0.3, 0.4) is 0 Å². The smallest absolute Gasteiger partial charge is 0.0509 e. The molecule has 1 heterocycles. The maximum absolute atomic E-state index is 5.43. The molecule has 1 aromatic rings. The molecule has 0 spiro atoms. The molecule has 1 aromatic carbocycles. The molecule has 2 heteroatoms. The standard InChI is InChI=1S/C15H23NO/c1-12(14-6-4-3-5-7-14)10-16-13(2)15-8-9-17-11-15/h3-7,12-13,15-16H,8-11H2,1-2H3. The highest BCUT2D eigenvalue weighted by Gasteiger charge is 2.22. The van der Waals surface area contributed by atoms with E-state index in [9.17, 15) is 0 Å². The summed E-state index contributed by atoms with van der Waals surface area (Å²) in [6.45, 7) is 7.46. The van der Waals surface area contributed by atoms with Crippen molar-refractivity contribution >= 4 is 0 Å². The van der Waals surface area contributed by atoms with Gasteiger partial charge in [-0.1, -0.05) is 37.3 Å². The second-order valence-electron chi connectivity index (χ2n) is 5.13. The van der Waals surface area contributed by atoms with Crippen molar-refractivity contribution in [2.45, 2.75) is 32.2 Å². The highest BCUT2D eigenvalue weighted by molar-refractivity contribution is 5.18. The lowest BCUT2D eigenvalue weighted by molar-refractivity contribution is 0.178. The van der Waals surface area contributed by atoms with Crippen LogP contribution in [0.2, 0.25) is 0 Å². The Hall–Kier alpha value is -0.860. The second kappa shape index (κ2) is 6.18. The first-order valence-corrected chi connectivity index (χ1v) is 6.63. The Bertz CT molecular complexity index is 319. The molecule has 0 saturated carbocycles. The Labute approximate surface area is 104 Å². The van der Waals surface area contributed by atoms with E-state index in [0.29, 0.717) is 17.9 Å². The Morgan fingerprint density at radius 2 is 2.06 bits per heavy atom. The van der Waals surface area contributed by atoms with E-state index in [0.717, 1.165) is 19.8 Å². The molecule has 2 nitrogen and oxygen atoms in total. The van der Waals surface area contributed by atoms with Gasteiger partial charge in [-0.15, -0.1) is 0 Å².